The number of carbonyl (C=O) groups is 1. The van der Waals surface area contributed by atoms with E-state index in [1.807, 2.05) is 31.2 Å². The van der Waals surface area contributed by atoms with Crippen LogP contribution in [-0.4, -0.2) is 16.1 Å². The summed E-state index contributed by atoms with van der Waals surface area (Å²) in [5.74, 6) is 1.20. The normalized spacial score (nSPS) is 12.1. The zero-order chi connectivity index (χ0) is 16.9. The Morgan fingerprint density at radius 2 is 2.04 bits per heavy atom. The van der Waals surface area contributed by atoms with Gasteiger partial charge in [-0.15, -0.1) is 10.2 Å². The van der Waals surface area contributed by atoms with E-state index in [0.29, 0.717) is 23.2 Å². The topological polar surface area (TPSA) is 81.2 Å². The molecule has 0 unspecified atom stereocenters. The standard InChI is InChI=1S/C18H19N3O3/c1-3-6-12(2)16(22)19-14-8-4-7-13(11-14)17-20-21-18(24-17)15-9-5-10-23-15/h4-5,7-12H,3,6H2,1-2H3,(H,19,22)/t12-/m1/s1. The van der Waals surface area contributed by atoms with Crippen molar-refractivity contribution in [3.05, 3.63) is 42.7 Å². The van der Waals surface area contributed by atoms with Crippen molar-refractivity contribution in [2.24, 2.45) is 5.92 Å². The summed E-state index contributed by atoms with van der Waals surface area (Å²) in [5.41, 5.74) is 1.44. The van der Waals surface area contributed by atoms with Gasteiger partial charge in [-0.1, -0.05) is 26.3 Å². The predicted octanol–water partition coefficient (Wildman–Crippen LogP) is 4.37. The van der Waals surface area contributed by atoms with Crippen LogP contribution in [0.5, 0.6) is 0 Å². The van der Waals surface area contributed by atoms with Gasteiger partial charge in [-0.25, -0.2) is 0 Å². The van der Waals surface area contributed by atoms with Gasteiger partial charge in [0.2, 0.25) is 11.8 Å². The summed E-state index contributed by atoms with van der Waals surface area (Å²) < 4.78 is 10.9. The summed E-state index contributed by atoms with van der Waals surface area (Å²) in [6.45, 7) is 3.99. The maximum Gasteiger partial charge on any atom is 0.283 e. The van der Waals surface area contributed by atoms with E-state index < -0.39 is 0 Å². The van der Waals surface area contributed by atoms with Crippen molar-refractivity contribution in [1.82, 2.24) is 10.2 Å². The molecule has 1 N–H and O–H groups in total. The highest BCUT2D eigenvalue weighted by molar-refractivity contribution is 5.92. The van der Waals surface area contributed by atoms with Crippen molar-refractivity contribution in [3.8, 4) is 23.1 Å². The third kappa shape index (κ3) is 3.53. The summed E-state index contributed by atoms with van der Waals surface area (Å²) in [6, 6.07) is 10.9. The van der Waals surface area contributed by atoms with Crippen molar-refractivity contribution in [3.63, 3.8) is 0 Å². The average Bonchev–Trinajstić information content (AvgIpc) is 3.26. The summed E-state index contributed by atoms with van der Waals surface area (Å²) in [4.78, 5) is 12.1. The average molecular weight is 325 g/mol. The van der Waals surface area contributed by atoms with Crippen molar-refractivity contribution in [1.29, 1.82) is 0 Å². The number of aromatic nitrogens is 2. The van der Waals surface area contributed by atoms with Crippen LogP contribution in [0.15, 0.2) is 51.5 Å². The zero-order valence-corrected chi connectivity index (χ0v) is 13.7. The largest absolute Gasteiger partial charge is 0.459 e. The van der Waals surface area contributed by atoms with Crippen molar-refractivity contribution in [2.75, 3.05) is 5.32 Å². The van der Waals surface area contributed by atoms with E-state index in [0.717, 1.165) is 18.4 Å². The summed E-state index contributed by atoms with van der Waals surface area (Å²) in [7, 11) is 0. The third-order valence-electron chi connectivity index (χ3n) is 3.70. The van der Waals surface area contributed by atoms with E-state index >= 15 is 0 Å². The number of carbonyl (C=O) groups excluding carboxylic acids is 1. The third-order valence-corrected chi connectivity index (χ3v) is 3.70. The molecule has 6 heteroatoms. The lowest BCUT2D eigenvalue weighted by molar-refractivity contribution is -0.119. The van der Waals surface area contributed by atoms with Gasteiger partial charge in [-0.2, -0.15) is 0 Å². The molecule has 1 atom stereocenters. The van der Waals surface area contributed by atoms with Crippen LogP contribution in [0.3, 0.4) is 0 Å². The second-order valence-corrected chi connectivity index (χ2v) is 5.65. The van der Waals surface area contributed by atoms with E-state index in [4.69, 9.17) is 8.83 Å². The first-order valence-corrected chi connectivity index (χ1v) is 7.96. The van der Waals surface area contributed by atoms with Gasteiger partial charge in [0.25, 0.3) is 5.89 Å². The van der Waals surface area contributed by atoms with E-state index in [2.05, 4.69) is 22.4 Å². The lowest BCUT2D eigenvalue weighted by atomic mass is 10.1. The van der Waals surface area contributed by atoms with E-state index in [1.54, 1.807) is 18.4 Å². The zero-order valence-electron chi connectivity index (χ0n) is 13.7. The van der Waals surface area contributed by atoms with E-state index in [9.17, 15) is 4.79 Å². The van der Waals surface area contributed by atoms with Crippen molar-refractivity contribution >= 4 is 11.6 Å². The van der Waals surface area contributed by atoms with Gasteiger partial charge in [0.15, 0.2) is 5.76 Å². The molecule has 3 aromatic rings. The summed E-state index contributed by atoms with van der Waals surface area (Å²) in [6.07, 6.45) is 3.39. The van der Waals surface area contributed by atoms with E-state index in [1.165, 1.54) is 0 Å². The summed E-state index contributed by atoms with van der Waals surface area (Å²) >= 11 is 0. The molecule has 0 aliphatic heterocycles. The molecule has 0 spiro atoms. The lowest BCUT2D eigenvalue weighted by Gasteiger charge is -2.11. The maximum absolute atomic E-state index is 12.1. The molecule has 0 bridgehead atoms. The van der Waals surface area contributed by atoms with Gasteiger partial charge in [0.05, 0.1) is 6.26 Å². The number of furan rings is 1. The van der Waals surface area contributed by atoms with Gasteiger partial charge in [-0.05, 0) is 36.8 Å². The lowest BCUT2D eigenvalue weighted by Crippen LogP contribution is -2.20. The molecule has 0 aliphatic rings. The summed E-state index contributed by atoms with van der Waals surface area (Å²) in [5, 5.41) is 10.9. The Kier molecular flexibility index (Phi) is 4.74. The Morgan fingerprint density at radius 1 is 1.21 bits per heavy atom. The molecular weight excluding hydrogens is 306 g/mol. The fourth-order valence-corrected chi connectivity index (χ4v) is 2.40. The van der Waals surface area contributed by atoms with Crippen LogP contribution in [0, 0.1) is 5.92 Å². The molecule has 0 fully saturated rings. The number of hydrogen-bond acceptors (Lipinski definition) is 5. The minimum Gasteiger partial charge on any atom is -0.459 e. The van der Waals surface area contributed by atoms with Gasteiger partial charge < -0.3 is 14.2 Å². The molecule has 2 aromatic heterocycles. The highest BCUT2D eigenvalue weighted by Crippen LogP contribution is 2.26. The quantitative estimate of drug-likeness (QED) is 0.727. The van der Waals surface area contributed by atoms with Crippen LogP contribution in [0.1, 0.15) is 26.7 Å². The van der Waals surface area contributed by atoms with Gasteiger partial charge >= 0.3 is 0 Å². The smallest absolute Gasteiger partial charge is 0.283 e. The van der Waals surface area contributed by atoms with Gasteiger partial charge in [0, 0.05) is 17.2 Å². The first-order valence-electron chi connectivity index (χ1n) is 7.96. The van der Waals surface area contributed by atoms with Crippen molar-refractivity contribution in [2.45, 2.75) is 26.7 Å². The molecule has 24 heavy (non-hydrogen) atoms. The number of rotatable bonds is 6. The molecular formula is C18H19N3O3. The number of hydrogen-bond donors (Lipinski definition) is 1. The Hall–Kier alpha value is -2.89. The molecule has 0 aliphatic carbocycles. The van der Waals surface area contributed by atoms with Crippen LogP contribution in [0.25, 0.3) is 23.1 Å². The Morgan fingerprint density at radius 3 is 2.79 bits per heavy atom. The van der Waals surface area contributed by atoms with Crippen molar-refractivity contribution < 1.29 is 13.6 Å². The molecule has 0 saturated heterocycles. The maximum atomic E-state index is 12.1. The Labute approximate surface area is 139 Å². The minimum atomic E-state index is -0.0207. The molecule has 1 aromatic carbocycles. The molecule has 3 rings (SSSR count). The predicted molar refractivity (Wildman–Crippen MR) is 90.1 cm³/mol. The fraction of sp³-hybridized carbons (Fsp3) is 0.278. The molecule has 0 radical (unpaired) electrons. The number of amides is 1. The van der Waals surface area contributed by atoms with E-state index in [-0.39, 0.29) is 11.8 Å². The molecule has 2 heterocycles. The van der Waals surface area contributed by atoms with Gasteiger partial charge in [-0.3, -0.25) is 4.79 Å². The number of anilines is 1. The van der Waals surface area contributed by atoms with Crippen LogP contribution < -0.4 is 5.32 Å². The molecule has 6 nitrogen and oxygen atoms in total. The number of nitrogens with zero attached hydrogens (tertiary/aromatic N) is 2. The highest BCUT2D eigenvalue weighted by Gasteiger charge is 2.15. The first kappa shape index (κ1) is 16.0. The minimum absolute atomic E-state index is 0.0100. The second kappa shape index (κ2) is 7.12. The second-order valence-electron chi connectivity index (χ2n) is 5.65. The van der Waals surface area contributed by atoms with Crippen LogP contribution >= 0.6 is 0 Å². The first-order chi connectivity index (χ1) is 11.7. The van der Waals surface area contributed by atoms with Crippen LogP contribution in [0.2, 0.25) is 0 Å². The molecule has 1 amide bonds. The number of nitrogens with one attached hydrogen (secondary N) is 1. The van der Waals surface area contributed by atoms with Gasteiger partial charge in [0.1, 0.15) is 0 Å². The monoisotopic (exact) mass is 325 g/mol. The van der Waals surface area contributed by atoms with Crippen LogP contribution in [-0.2, 0) is 4.79 Å². The number of benzene rings is 1. The molecule has 124 valence electrons. The SMILES string of the molecule is CCC[C@@H](C)C(=O)Nc1cccc(-c2nnc(-c3ccco3)o2)c1. The Bertz CT molecular complexity index is 809. The fourth-order valence-electron chi connectivity index (χ4n) is 2.40. The Balaban J connectivity index is 1.77. The molecule has 0 saturated carbocycles. The highest BCUT2D eigenvalue weighted by atomic mass is 16.4. The van der Waals surface area contributed by atoms with Crippen LogP contribution in [0.4, 0.5) is 5.69 Å².